The number of hydrogen-bond acceptors (Lipinski definition) is 7. The molecule has 0 aromatic heterocycles. The normalized spacial score (nSPS) is 11.3. The summed E-state index contributed by atoms with van der Waals surface area (Å²) in [4.78, 5) is 13.0. The van der Waals surface area contributed by atoms with E-state index in [0.717, 1.165) is 15.4 Å². The summed E-state index contributed by atoms with van der Waals surface area (Å²) >= 11 is 13.1. The maximum atomic E-state index is 13.7. The van der Waals surface area contributed by atoms with Gasteiger partial charge in [0.2, 0.25) is 0 Å². The van der Waals surface area contributed by atoms with E-state index in [4.69, 9.17) is 25.8 Å². The number of nitrogens with zero attached hydrogens (tertiary/aromatic N) is 2. The van der Waals surface area contributed by atoms with Crippen LogP contribution in [0.3, 0.4) is 0 Å². The van der Waals surface area contributed by atoms with Crippen LogP contribution in [-0.2, 0) is 21.4 Å². The first-order chi connectivity index (χ1) is 21.0. The van der Waals surface area contributed by atoms with Gasteiger partial charge in [0, 0.05) is 10.6 Å². The standard InChI is InChI=1S/C31H28Br2ClN3O6S/c1-20-8-10-23(11-9-20)37(44(39,40)24-12-13-28(41-2)25(32)16-24)18-30(38)36-35-17-21-14-26(33)31(29(15-21)42-3)43-19-22-6-4-5-7-27(22)34/h4-17H,18-19H2,1-3H3,(H,36,38)/b35-17-. The van der Waals surface area contributed by atoms with Gasteiger partial charge in [-0.05, 0) is 92.9 Å². The second-order valence-corrected chi connectivity index (χ2v) is 13.3. The number of carbonyl (C=O) groups excluding carboxylic acids is 1. The van der Waals surface area contributed by atoms with Crippen molar-refractivity contribution in [3.63, 3.8) is 0 Å². The molecule has 0 aliphatic heterocycles. The van der Waals surface area contributed by atoms with Crippen molar-refractivity contribution in [2.75, 3.05) is 25.1 Å². The van der Waals surface area contributed by atoms with E-state index in [1.54, 1.807) is 42.5 Å². The Morgan fingerprint density at radius 3 is 2.32 bits per heavy atom. The first-order valence-electron chi connectivity index (χ1n) is 13.0. The second-order valence-electron chi connectivity index (χ2n) is 9.35. The SMILES string of the molecule is COc1ccc(S(=O)(=O)N(CC(=O)N/N=C\c2cc(Br)c(OCc3ccccc3Cl)c(OC)c2)c2ccc(C)cc2)cc1Br. The van der Waals surface area contributed by atoms with E-state index in [2.05, 4.69) is 42.4 Å². The molecule has 0 radical (unpaired) electrons. The lowest BCUT2D eigenvalue weighted by Gasteiger charge is -2.24. The number of methoxy groups -OCH3 is 2. The summed E-state index contributed by atoms with van der Waals surface area (Å²) in [6, 6.07) is 22.0. The highest BCUT2D eigenvalue weighted by molar-refractivity contribution is 9.11. The van der Waals surface area contributed by atoms with E-state index in [-0.39, 0.29) is 11.5 Å². The average molecular weight is 766 g/mol. The highest BCUT2D eigenvalue weighted by Crippen LogP contribution is 2.37. The fourth-order valence-corrected chi connectivity index (χ4v) is 6.93. The third-order valence-corrected chi connectivity index (χ3v) is 9.65. The van der Waals surface area contributed by atoms with Gasteiger partial charge in [-0.3, -0.25) is 9.10 Å². The fourth-order valence-electron chi connectivity index (χ4n) is 4.03. The van der Waals surface area contributed by atoms with Crippen LogP contribution in [0.5, 0.6) is 17.2 Å². The quantitative estimate of drug-likeness (QED) is 0.122. The highest BCUT2D eigenvalue weighted by atomic mass is 79.9. The zero-order valence-corrected chi connectivity index (χ0v) is 28.6. The van der Waals surface area contributed by atoms with Gasteiger partial charge in [0.05, 0.1) is 40.0 Å². The molecular formula is C31H28Br2ClN3O6S. The number of rotatable bonds is 12. The molecule has 0 unspecified atom stereocenters. The molecular weight excluding hydrogens is 738 g/mol. The second kappa shape index (κ2) is 14.9. The van der Waals surface area contributed by atoms with Crippen LogP contribution in [0.25, 0.3) is 0 Å². The highest BCUT2D eigenvalue weighted by Gasteiger charge is 2.28. The molecule has 0 spiro atoms. The zero-order valence-electron chi connectivity index (χ0n) is 23.9. The van der Waals surface area contributed by atoms with E-state index >= 15 is 0 Å². The van der Waals surface area contributed by atoms with Crippen LogP contribution in [0.15, 0.2) is 97.8 Å². The molecule has 0 saturated carbocycles. The number of hydrogen-bond donors (Lipinski definition) is 1. The molecule has 1 amide bonds. The number of sulfonamides is 1. The maximum absolute atomic E-state index is 13.7. The molecule has 0 saturated heterocycles. The van der Waals surface area contributed by atoms with Crippen LogP contribution in [-0.4, -0.2) is 41.3 Å². The monoisotopic (exact) mass is 763 g/mol. The molecule has 0 fully saturated rings. The molecule has 1 N–H and O–H groups in total. The summed E-state index contributed by atoms with van der Waals surface area (Å²) in [6.07, 6.45) is 1.41. The van der Waals surface area contributed by atoms with Gasteiger partial charge in [0.15, 0.2) is 11.5 Å². The number of benzene rings is 4. The van der Waals surface area contributed by atoms with Crippen LogP contribution in [0, 0.1) is 6.92 Å². The average Bonchev–Trinajstić information content (AvgIpc) is 3.00. The van der Waals surface area contributed by atoms with Gasteiger partial charge < -0.3 is 14.2 Å². The lowest BCUT2D eigenvalue weighted by atomic mass is 10.2. The van der Waals surface area contributed by atoms with Crippen molar-refractivity contribution in [3.8, 4) is 17.2 Å². The summed E-state index contributed by atoms with van der Waals surface area (Å²) in [5.74, 6) is 0.726. The largest absolute Gasteiger partial charge is 0.496 e. The van der Waals surface area contributed by atoms with Crippen molar-refractivity contribution in [2.45, 2.75) is 18.4 Å². The molecule has 0 bridgehead atoms. The molecule has 4 aromatic rings. The number of hydrazone groups is 1. The van der Waals surface area contributed by atoms with Crippen LogP contribution in [0.2, 0.25) is 5.02 Å². The Hall–Kier alpha value is -3.58. The zero-order chi connectivity index (χ0) is 31.9. The molecule has 4 aromatic carbocycles. The van der Waals surface area contributed by atoms with Crippen molar-refractivity contribution in [2.24, 2.45) is 5.10 Å². The van der Waals surface area contributed by atoms with Crippen LogP contribution < -0.4 is 23.9 Å². The van der Waals surface area contributed by atoms with Crippen LogP contribution in [0.1, 0.15) is 16.7 Å². The minimum absolute atomic E-state index is 0.0177. The Kier molecular flexibility index (Phi) is 11.3. The smallest absolute Gasteiger partial charge is 0.264 e. The van der Waals surface area contributed by atoms with E-state index in [1.165, 1.54) is 38.6 Å². The Morgan fingerprint density at radius 2 is 1.66 bits per heavy atom. The van der Waals surface area contributed by atoms with Gasteiger partial charge in [-0.15, -0.1) is 0 Å². The molecule has 0 aliphatic rings. The number of halogens is 3. The van der Waals surface area contributed by atoms with Gasteiger partial charge in [-0.2, -0.15) is 5.10 Å². The Labute approximate surface area is 278 Å². The Morgan fingerprint density at radius 1 is 0.955 bits per heavy atom. The summed E-state index contributed by atoms with van der Waals surface area (Å²) in [5.41, 5.74) is 5.08. The van der Waals surface area contributed by atoms with E-state index in [1.807, 2.05) is 25.1 Å². The first kappa shape index (κ1) is 33.3. The molecule has 230 valence electrons. The lowest BCUT2D eigenvalue weighted by Crippen LogP contribution is -2.39. The molecule has 13 heteroatoms. The van der Waals surface area contributed by atoms with Crippen LogP contribution >= 0.6 is 43.5 Å². The third-order valence-electron chi connectivity index (χ3n) is 6.30. The van der Waals surface area contributed by atoms with Gasteiger partial charge in [0.1, 0.15) is 18.9 Å². The lowest BCUT2D eigenvalue weighted by molar-refractivity contribution is -0.119. The summed E-state index contributed by atoms with van der Waals surface area (Å²) < 4.78 is 46.2. The van der Waals surface area contributed by atoms with Gasteiger partial charge in [-0.25, -0.2) is 13.8 Å². The molecule has 0 aliphatic carbocycles. The molecule has 0 heterocycles. The minimum Gasteiger partial charge on any atom is -0.496 e. The van der Waals surface area contributed by atoms with E-state index in [0.29, 0.717) is 42.5 Å². The molecule has 9 nitrogen and oxygen atoms in total. The van der Waals surface area contributed by atoms with E-state index < -0.39 is 22.5 Å². The Bertz CT molecular complexity index is 1790. The predicted octanol–water partition coefficient (Wildman–Crippen LogP) is 7.12. The number of ether oxygens (including phenoxy) is 3. The van der Waals surface area contributed by atoms with Crippen LogP contribution in [0.4, 0.5) is 5.69 Å². The topological polar surface area (TPSA) is 107 Å². The predicted molar refractivity (Wildman–Crippen MR) is 179 cm³/mol. The van der Waals surface area contributed by atoms with Gasteiger partial charge in [0.25, 0.3) is 15.9 Å². The molecule has 44 heavy (non-hydrogen) atoms. The van der Waals surface area contributed by atoms with Crippen molar-refractivity contribution in [1.82, 2.24) is 5.43 Å². The third kappa shape index (κ3) is 8.12. The number of aryl methyl sites for hydroxylation is 1. The maximum Gasteiger partial charge on any atom is 0.264 e. The minimum atomic E-state index is -4.14. The number of carbonyl (C=O) groups is 1. The summed E-state index contributed by atoms with van der Waals surface area (Å²) in [5, 5.41) is 4.63. The van der Waals surface area contributed by atoms with Crippen molar-refractivity contribution >= 4 is 71.3 Å². The molecule has 0 atom stereocenters. The number of amides is 1. The van der Waals surface area contributed by atoms with Crippen molar-refractivity contribution < 1.29 is 27.4 Å². The van der Waals surface area contributed by atoms with Crippen molar-refractivity contribution in [3.05, 3.63) is 110 Å². The fraction of sp³-hybridized carbons (Fsp3) is 0.161. The Balaban J connectivity index is 1.51. The number of anilines is 1. The van der Waals surface area contributed by atoms with Crippen molar-refractivity contribution in [1.29, 1.82) is 0 Å². The first-order valence-corrected chi connectivity index (χ1v) is 16.4. The molecule has 4 rings (SSSR count). The number of nitrogens with one attached hydrogen (secondary N) is 1. The van der Waals surface area contributed by atoms with Gasteiger partial charge in [-0.1, -0.05) is 47.5 Å². The summed E-state index contributed by atoms with van der Waals surface area (Å²) in [7, 11) is -1.15. The summed E-state index contributed by atoms with van der Waals surface area (Å²) in [6.45, 7) is 1.59. The van der Waals surface area contributed by atoms with Gasteiger partial charge >= 0.3 is 0 Å². The van der Waals surface area contributed by atoms with E-state index in [9.17, 15) is 13.2 Å².